The molecule has 8 heteroatoms. The second-order valence-electron chi connectivity index (χ2n) is 4.89. The van der Waals surface area contributed by atoms with Crippen LogP contribution in [0.1, 0.15) is 16.8 Å². The van der Waals surface area contributed by atoms with Gasteiger partial charge in [-0.05, 0) is 37.1 Å². The highest BCUT2D eigenvalue weighted by atomic mass is 35.5. The van der Waals surface area contributed by atoms with Crippen LogP contribution in [0.3, 0.4) is 0 Å². The quantitative estimate of drug-likeness (QED) is 0.834. The summed E-state index contributed by atoms with van der Waals surface area (Å²) < 4.78 is 31.1. The average molecular weight is 333 g/mol. The minimum absolute atomic E-state index is 0.00510. The highest BCUT2D eigenvalue weighted by Gasteiger charge is 2.33. The molecule has 1 aromatic rings. The van der Waals surface area contributed by atoms with E-state index >= 15 is 0 Å². The molecule has 0 aromatic heterocycles. The Morgan fingerprint density at radius 1 is 1.52 bits per heavy atom. The van der Waals surface area contributed by atoms with Gasteiger partial charge in [0, 0.05) is 13.1 Å². The molecule has 0 saturated carbocycles. The molecule has 1 heterocycles. The molecule has 1 unspecified atom stereocenters. The molecule has 0 radical (unpaired) electrons. The van der Waals surface area contributed by atoms with Crippen LogP contribution in [0, 0.1) is 5.92 Å². The van der Waals surface area contributed by atoms with E-state index in [9.17, 15) is 13.2 Å². The van der Waals surface area contributed by atoms with Gasteiger partial charge >= 0.3 is 5.97 Å². The standard InChI is InChI=1S/C13H17ClN2O4S/c1-20-13(17)10-2-3-12(11(14)6-10)21(18,19)16-5-4-9(7-15)8-16/h2-3,6,9H,4-5,7-8,15H2,1H3. The van der Waals surface area contributed by atoms with Gasteiger partial charge in [-0.25, -0.2) is 13.2 Å². The van der Waals surface area contributed by atoms with Gasteiger partial charge in [-0.1, -0.05) is 11.6 Å². The molecule has 1 aliphatic rings. The van der Waals surface area contributed by atoms with Crippen molar-refractivity contribution in [2.75, 3.05) is 26.7 Å². The van der Waals surface area contributed by atoms with E-state index in [0.29, 0.717) is 19.6 Å². The molecule has 0 amide bonds. The summed E-state index contributed by atoms with van der Waals surface area (Å²) in [4.78, 5) is 11.4. The zero-order chi connectivity index (χ0) is 15.6. The minimum atomic E-state index is -3.67. The van der Waals surface area contributed by atoms with Gasteiger partial charge in [-0.3, -0.25) is 0 Å². The van der Waals surface area contributed by atoms with Crippen LogP contribution in [-0.4, -0.2) is 45.4 Å². The number of benzene rings is 1. The fourth-order valence-corrected chi connectivity index (χ4v) is 4.35. The molecule has 1 saturated heterocycles. The third-order valence-electron chi connectivity index (χ3n) is 3.55. The first-order valence-electron chi connectivity index (χ1n) is 6.48. The highest BCUT2D eigenvalue weighted by molar-refractivity contribution is 7.89. The number of esters is 1. The lowest BCUT2D eigenvalue weighted by Gasteiger charge is -2.17. The van der Waals surface area contributed by atoms with Gasteiger partial charge < -0.3 is 10.5 Å². The van der Waals surface area contributed by atoms with Crippen molar-refractivity contribution in [3.05, 3.63) is 28.8 Å². The van der Waals surface area contributed by atoms with E-state index in [2.05, 4.69) is 4.74 Å². The van der Waals surface area contributed by atoms with Crippen LogP contribution in [0.25, 0.3) is 0 Å². The predicted molar refractivity (Wildman–Crippen MR) is 78.7 cm³/mol. The summed E-state index contributed by atoms with van der Waals surface area (Å²) in [6.07, 6.45) is 0.744. The van der Waals surface area contributed by atoms with Crippen molar-refractivity contribution in [2.24, 2.45) is 11.7 Å². The smallest absolute Gasteiger partial charge is 0.337 e. The Morgan fingerprint density at radius 3 is 2.76 bits per heavy atom. The molecule has 2 rings (SSSR count). The number of nitrogens with zero attached hydrogens (tertiary/aromatic N) is 1. The number of hydrogen-bond donors (Lipinski definition) is 1. The van der Waals surface area contributed by atoms with Gasteiger partial charge in [0.1, 0.15) is 4.90 Å². The maximum absolute atomic E-state index is 12.6. The number of rotatable bonds is 4. The van der Waals surface area contributed by atoms with Gasteiger partial charge in [0.2, 0.25) is 10.0 Å². The molecular weight excluding hydrogens is 316 g/mol. The monoisotopic (exact) mass is 332 g/mol. The van der Waals surface area contributed by atoms with Crippen LogP contribution in [0.4, 0.5) is 0 Å². The molecular formula is C13H17ClN2O4S. The first kappa shape index (κ1) is 16.2. The van der Waals surface area contributed by atoms with Crippen LogP contribution in [0.5, 0.6) is 0 Å². The number of halogens is 1. The first-order chi connectivity index (χ1) is 9.90. The fourth-order valence-electron chi connectivity index (χ4n) is 2.30. The zero-order valence-electron chi connectivity index (χ0n) is 11.6. The van der Waals surface area contributed by atoms with E-state index in [1.54, 1.807) is 0 Å². The number of methoxy groups -OCH3 is 1. The Labute approximate surface area is 128 Å². The summed E-state index contributed by atoms with van der Waals surface area (Å²) in [7, 11) is -2.42. The lowest BCUT2D eigenvalue weighted by atomic mass is 10.1. The number of hydrogen-bond acceptors (Lipinski definition) is 5. The van der Waals surface area contributed by atoms with Gasteiger partial charge in [0.15, 0.2) is 0 Å². The molecule has 0 spiro atoms. The van der Waals surface area contributed by atoms with E-state index in [1.165, 1.54) is 29.6 Å². The Morgan fingerprint density at radius 2 is 2.24 bits per heavy atom. The van der Waals surface area contributed by atoms with Crippen LogP contribution < -0.4 is 5.73 Å². The SMILES string of the molecule is COC(=O)c1ccc(S(=O)(=O)N2CCC(CN)C2)c(Cl)c1. The zero-order valence-corrected chi connectivity index (χ0v) is 13.2. The highest BCUT2D eigenvalue weighted by Crippen LogP contribution is 2.29. The van der Waals surface area contributed by atoms with E-state index < -0.39 is 16.0 Å². The lowest BCUT2D eigenvalue weighted by Crippen LogP contribution is -2.30. The van der Waals surface area contributed by atoms with Crippen molar-refractivity contribution in [2.45, 2.75) is 11.3 Å². The summed E-state index contributed by atoms with van der Waals surface area (Å²) >= 11 is 6.03. The van der Waals surface area contributed by atoms with Crippen molar-refractivity contribution in [1.82, 2.24) is 4.31 Å². The molecule has 1 atom stereocenters. The Kier molecular flexibility index (Phi) is 4.88. The Balaban J connectivity index is 2.31. The summed E-state index contributed by atoms with van der Waals surface area (Å²) in [5.74, 6) is -0.391. The number of ether oxygens (including phenoxy) is 1. The number of nitrogens with two attached hydrogens (primary N) is 1. The maximum Gasteiger partial charge on any atom is 0.337 e. The third kappa shape index (κ3) is 3.21. The molecule has 1 fully saturated rings. The summed E-state index contributed by atoms with van der Waals surface area (Å²) in [5, 5.41) is 0.00842. The van der Waals surface area contributed by atoms with Crippen LogP contribution in [0.2, 0.25) is 5.02 Å². The topological polar surface area (TPSA) is 89.7 Å². The molecule has 21 heavy (non-hydrogen) atoms. The Bertz CT molecular complexity index is 648. The normalized spacial score (nSPS) is 19.7. The summed E-state index contributed by atoms with van der Waals surface area (Å²) in [6, 6.07) is 4.03. The minimum Gasteiger partial charge on any atom is -0.465 e. The lowest BCUT2D eigenvalue weighted by molar-refractivity contribution is 0.0600. The number of carbonyl (C=O) groups is 1. The van der Waals surface area contributed by atoms with Crippen LogP contribution in [0.15, 0.2) is 23.1 Å². The van der Waals surface area contributed by atoms with Gasteiger partial charge in [-0.15, -0.1) is 0 Å². The first-order valence-corrected chi connectivity index (χ1v) is 8.30. The van der Waals surface area contributed by atoms with Gasteiger partial charge in [0.05, 0.1) is 17.7 Å². The van der Waals surface area contributed by atoms with E-state index in [4.69, 9.17) is 17.3 Å². The van der Waals surface area contributed by atoms with E-state index in [0.717, 1.165) is 6.42 Å². The molecule has 116 valence electrons. The van der Waals surface area contributed by atoms with Crippen molar-refractivity contribution in [1.29, 1.82) is 0 Å². The molecule has 1 aromatic carbocycles. The molecule has 0 bridgehead atoms. The molecule has 1 aliphatic heterocycles. The predicted octanol–water partition coefficient (Wildman–Crippen LogP) is 1.10. The van der Waals surface area contributed by atoms with E-state index in [-0.39, 0.29) is 21.4 Å². The summed E-state index contributed by atoms with van der Waals surface area (Å²) in [6.45, 7) is 1.29. The fraction of sp³-hybridized carbons (Fsp3) is 0.462. The van der Waals surface area contributed by atoms with Crippen LogP contribution >= 0.6 is 11.6 Å². The molecule has 6 nitrogen and oxygen atoms in total. The average Bonchev–Trinajstić information content (AvgIpc) is 2.95. The Hall–Kier alpha value is -1.15. The second-order valence-corrected chi connectivity index (χ2v) is 7.20. The van der Waals surface area contributed by atoms with E-state index in [1.807, 2.05) is 0 Å². The largest absolute Gasteiger partial charge is 0.465 e. The van der Waals surface area contributed by atoms with Crippen molar-refractivity contribution in [3.63, 3.8) is 0 Å². The third-order valence-corrected chi connectivity index (χ3v) is 5.90. The number of carbonyl (C=O) groups excluding carboxylic acids is 1. The van der Waals surface area contributed by atoms with Crippen LogP contribution in [-0.2, 0) is 14.8 Å². The molecule has 0 aliphatic carbocycles. The maximum atomic E-state index is 12.6. The molecule has 2 N–H and O–H groups in total. The van der Waals surface area contributed by atoms with Crippen molar-refractivity contribution < 1.29 is 17.9 Å². The van der Waals surface area contributed by atoms with Gasteiger partial charge in [0.25, 0.3) is 0 Å². The second kappa shape index (κ2) is 6.31. The van der Waals surface area contributed by atoms with Crippen molar-refractivity contribution in [3.8, 4) is 0 Å². The van der Waals surface area contributed by atoms with Crippen molar-refractivity contribution >= 4 is 27.6 Å². The summed E-state index contributed by atoms with van der Waals surface area (Å²) in [5.41, 5.74) is 5.79. The number of sulfonamides is 1. The van der Waals surface area contributed by atoms with Gasteiger partial charge in [-0.2, -0.15) is 4.31 Å².